The second kappa shape index (κ2) is 21.6. The minimum absolute atomic E-state index is 0. The fraction of sp³-hybridized carbons (Fsp3) is 0.100. The van der Waals surface area contributed by atoms with Gasteiger partial charge in [0, 0.05) is 172 Å². The SMILES string of the molecule is Cc1c(Cl)ccc([NH+]([O-])O)c1O.Cc1c(Cl)ccc([NH+]([O-])O)c1O.NS(=O)(=O)c1c(Cl)ccc([NH2+][O-])c1O.[Ac].[Ac].[Ac]. The summed E-state index contributed by atoms with van der Waals surface area (Å²) in [5.41, 5.74) is 0.640. The fourth-order valence-corrected chi connectivity index (χ4v) is 4.13. The Kier molecular flexibility index (Phi) is 24.9. The van der Waals surface area contributed by atoms with Crippen LogP contribution in [0.1, 0.15) is 11.1 Å². The monoisotopic (exact) mass is 1300 g/mol. The van der Waals surface area contributed by atoms with Gasteiger partial charge in [-0.25, -0.2) is 24.0 Å². The van der Waals surface area contributed by atoms with E-state index >= 15 is 0 Å². The summed E-state index contributed by atoms with van der Waals surface area (Å²) in [6.07, 6.45) is 0. The van der Waals surface area contributed by atoms with Gasteiger partial charge in [0.2, 0.25) is 21.4 Å². The van der Waals surface area contributed by atoms with Gasteiger partial charge in [-0.3, -0.25) is 0 Å². The Labute approximate surface area is 357 Å². The molecule has 11 N–H and O–H groups in total. The summed E-state index contributed by atoms with van der Waals surface area (Å²) in [6.45, 7) is 3.12. The molecule has 0 saturated heterocycles. The summed E-state index contributed by atoms with van der Waals surface area (Å²) in [6, 6.07) is 7.80. The maximum absolute atomic E-state index is 11.0. The Balaban J connectivity index is -0.000000512. The van der Waals surface area contributed by atoms with E-state index in [1.165, 1.54) is 36.4 Å². The molecule has 0 saturated carbocycles. The molecule has 0 amide bonds. The number of primary sulfonamides is 1. The Bertz CT molecular complexity index is 1350. The van der Waals surface area contributed by atoms with Gasteiger partial charge in [-0.15, -0.1) is 0 Å². The van der Waals surface area contributed by atoms with Gasteiger partial charge >= 0.3 is 0 Å². The van der Waals surface area contributed by atoms with E-state index in [4.69, 9.17) is 50.4 Å². The number of hydrogen-bond acceptors (Lipinski definition) is 10. The van der Waals surface area contributed by atoms with Crippen LogP contribution in [0.2, 0.25) is 15.1 Å². The first-order valence-corrected chi connectivity index (χ1v) is 12.6. The van der Waals surface area contributed by atoms with Gasteiger partial charge in [-0.2, -0.15) is 10.5 Å². The number of hydrogen-bond donors (Lipinski definition) is 9. The van der Waals surface area contributed by atoms with E-state index in [9.17, 15) is 39.4 Å². The van der Waals surface area contributed by atoms with Crippen LogP contribution in [0.15, 0.2) is 41.3 Å². The Morgan fingerprint density at radius 2 is 1.07 bits per heavy atom. The first kappa shape index (κ1) is 47.3. The number of aromatic hydroxyl groups is 3. The minimum atomic E-state index is -4.14. The van der Waals surface area contributed by atoms with Crippen LogP contribution >= 0.6 is 34.8 Å². The normalized spacial score (nSPS) is 11.6. The van der Waals surface area contributed by atoms with Crippen molar-refractivity contribution in [2.45, 2.75) is 18.7 Å². The molecule has 3 rings (SSSR count). The minimum Gasteiger partial charge on any atom is -0.630 e. The summed E-state index contributed by atoms with van der Waals surface area (Å²) in [5, 5.41) is 79.4. The van der Waals surface area contributed by atoms with Gasteiger partial charge in [-0.05, 0) is 32.0 Å². The van der Waals surface area contributed by atoms with Crippen LogP contribution in [-0.4, -0.2) is 34.2 Å². The van der Waals surface area contributed by atoms with E-state index in [2.05, 4.69) is 0 Å². The molecule has 14 nitrogen and oxygen atoms in total. The topological polar surface area (TPSA) is 256 Å². The molecule has 0 heterocycles. The number of rotatable bonds is 4. The zero-order chi connectivity index (χ0) is 29.5. The van der Waals surface area contributed by atoms with Crippen molar-refractivity contribution >= 4 is 61.9 Å². The van der Waals surface area contributed by atoms with Crippen LogP contribution in [-0.2, 0) is 10.0 Å². The standard InChI is InChI=1S/2C7H8ClNO3.C6H7ClN2O4S.3Ac/c2*1-4-5(8)2-3-6(7(4)10)9(11)12;7-3-1-2-4(9-11)5(10)6(3)14(8,12)13;;;/h2*2-3,9-11H,1H3;1-2,10H,9H2,(H2,8,12,13);;;. The summed E-state index contributed by atoms with van der Waals surface area (Å²) in [4.78, 5) is -0.635. The summed E-state index contributed by atoms with van der Waals surface area (Å²) in [7, 11) is -4.14. The van der Waals surface area contributed by atoms with Crippen molar-refractivity contribution < 1.29 is 182 Å². The van der Waals surface area contributed by atoms with Gasteiger partial charge in [-0.1, -0.05) is 34.8 Å². The van der Waals surface area contributed by atoms with Crippen molar-refractivity contribution in [2.75, 3.05) is 0 Å². The maximum atomic E-state index is 11.0. The van der Waals surface area contributed by atoms with Gasteiger partial charge in [0.1, 0.15) is 4.90 Å². The molecule has 0 fully saturated rings. The maximum Gasteiger partial charge on any atom is 0.243 e. The average molecular weight is 1300 g/mol. The van der Waals surface area contributed by atoms with Crippen molar-refractivity contribution in [3.8, 4) is 17.2 Å². The van der Waals surface area contributed by atoms with Gasteiger partial charge in [0.25, 0.3) is 0 Å². The second-order valence-corrected chi connectivity index (χ2v) is 9.94. The third-order valence-corrected chi connectivity index (χ3v) is 6.94. The molecule has 3 radical (unpaired) electrons. The Morgan fingerprint density at radius 3 is 1.37 bits per heavy atom. The number of nitrogens with one attached hydrogen (secondary N) is 2. The molecule has 0 spiro atoms. The predicted molar refractivity (Wildman–Crippen MR) is 137 cm³/mol. The third kappa shape index (κ3) is 14.0. The molecule has 3 aromatic rings. The molecular formula is C20H23Ac3Cl3N4O10S. The number of benzene rings is 3. The van der Waals surface area contributed by atoms with E-state index in [0.29, 0.717) is 26.7 Å². The Hall–Kier alpha value is 1.84. The molecule has 21 heteroatoms. The van der Waals surface area contributed by atoms with Crippen LogP contribution in [0.5, 0.6) is 17.2 Å². The van der Waals surface area contributed by atoms with E-state index < -0.39 is 31.1 Å². The number of nitrogens with two attached hydrogens (primary N) is 2. The second-order valence-electron chi connectivity index (χ2n) is 7.22. The summed E-state index contributed by atoms with van der Waals surface area (Å²) in [5.74, 6) is -1.26. The van der Waals surface area contributed by atoms with Crippen LogP contribution in [0, 0.1) is 162 Å². The zero-order valence-electron chi connectivity index (χ0n) is 21.2. The van der Waals surface area contributed by atoms with E-state index in [1.807, 2.05) is 0 Å². The molecular weight excluding hydrogens is 1280 g/mol. The molecule has 3 aromatic carbocycles. The quantitative estimate of drug-likeness (QED) is 0.101. The van der Waals surface area contributed by atoms with Crippen molar-refractivity contribution in [1.29, 1.82) is 0 Å². The number of halogens is 3. The van der Waals surface area contributed by atoms with Crippen molar-refractivity contribution in [3.63, 3.8) is 0 Å². The summed E-state index contributed by atoms with van der Waals surface area (Å²) < 4.78 is 21.9. The number of sulfonamides is 1. The molecule has 219 valence electrons. The van der Waals surface area contributed by atoms with Crippen LogP contribution in [0.3, 0.4) is 0 Å². The number of phenols is 3. The average Bonchev–Trinajstić information content (AvgIpc) is 2.81. The van der Waals surface area contributed by atoms with E-state index in [1.54, 1.807) is 13.8 Å². The largest absolute Gasteiger partial charge is 0.630 e. The Morgan fingerprint density at radius 1 is 0.732 bits per heavy atom. The molecule has 2 atom stereocenters. The first-order chi connectivity index (χ1) is 17.4. The number of quaternary nitrogens is 3. The van der Waals surface area contributed by atoms with Crippen molar-refractivity contribution in [3.05, 3.63) is 78.2 Å². The van der Waals surface area contributed by atoms with E-state index in [-0.39, 0.29) is 166 Å². The molecule has 0 aliphatic rings. The van der Waals surface area contributed by atoms with Crippen molar-refractivity contribution in [1.82, 2.24) is 0 Å². The van der Waals surface area contributed by atoms with Crippen molar-refractivity contribution in [2.24, 2.45) is 5.14 Å². The molecule has 41 heavy (non-hydrogen) atoms. The zero-order valence-corrected chi connectivity index (χ0v) is 38.5. The molecule has 0 aliphatic carbocycles. The molecule has 0 aliphatic heterocycles. The first-order valence-electron chi connectivity index (χ1n) is 9.87. The van der Waals surface area contributed by atoms with E-state index in [0.717, 1.165) is 0 Å². The van der Waals surface area contributed by atoms with Crippen LogP contribution in [0.4, 0.5) is 17.1 Å². The summed E-state index contributed by atoms with van der Waals surface area (Å²) >= 11 is 16.8. The number of phenolic OH excluding ortho intramolecular Hbond substituents is 3. The van der Waals surface area contributed by atoms with Crippen LogP contribution < -0.4 is 21.1 Å². The molecule has 0 aromatic heterocycles. The van der Waals surface area contributed by atoms with Gasteiger partial charge in [0.15, 0.2) is 22.9 Å². The van der Waals surface area contributed by atoms with Crippen LogP contribution in [0.25, 0.3) is 0 Å². The van der Waals surface area contributed by atoms with Gasteiger partial charge < -0.3 is 36.4 Å². The fourth-order valence-electron chi connectivity index (χ4n) is 2.62. The predicted octanol–water partition coefficient (Wildman–Crippen LogP) is 0.901. The third-order valence-electron chi connectivity index (χ3n) is 4.72. The molecule has 2 unspecified atom stereocenters. The smallest absolute Gasteiger partial charge is 0.243 e. The van der Waals surface area contributed by atoms with Gasteiger partial charge in [0.05, 0.1) is 5.02 Å². The molecule has 0 bridgehead atoms.